The largest absolute Gasteiger partial charge is 0.478 e. The van der Waals surface area contributed by atoms with Crippen LogP contribution in [0.2, 0.25) is 0 Å². The van der Waals surface area contributed by atoms with Crippen molar-refractivity contribution in [1.29, 1.82) is 0 Å². The molecule has 0 saturated carbocycles. The molecule has 0 radical (unpaired) electrons. The van der Waals surface area contributed by atoms with Crippen LogP contribution in [-0.4, -0.2) is 23.0 Å². The number of hydrogen-bond donors (Lipinski definition) is 2. The highest BCUT2D eigenvalue weighted by molar-refractivity contribution is 5.95. The molecule has 2 aromatic rings. The van der Waals surface area contributed by atoms with Crippen LogP contribution < -0.4 is 5.32 Å². The molecule has 0 aliphatic heterocycles. The van der Waals surface area contributed by atoms with Gasteiger partial charge in [0.2, 0.25) is 0 Å². The van der Waals surface area contributed by atoms with Gasteiger partial charge in [-0.1, -0.05) is 30.3 Å². The molecule has 0 aliphatic carbocycles. The van der Waals surface area contributed by atoms with E-state index in [0.717, 1.165) is 11.8 Å². The Balaban J connectivity index is 1.95. The molecule has 5 nitrogen and oxygen atoms in total. The molecule has 2 rings (SSSR count). The summed E-state index contributed by atoms with van der Waals surface area (Å²) in [5.41, 5.74) is 1.08. The Morgan fingerprint density at radius 3 is 2.60 bits per heavy atom. The van der Waals surface area contributed by atoms with E-state index in [2.05, 4.69) is 5.32 Å². The Hall–Kier alpha value is -2.56. The summed E-state index contributed by atoms with van der Waals surface area (Å²) in [5, 5.41) is 11.5. The maximum Gasteiger partial charge on any atom is 0.338 e. The van der Waals surface area contributed by atoms with Crippen LogP contribution >= 0.6 is 0 Å². The van der Waals surface area contributed by atoms with Crippen LogP contribution in [-0.2, 0) is 6.42 Å². The van der Waals surface area contributed by atoms with E-state index in [1.165, 1.54) is 6.07 Å². The van der Waals surface area contributed by atoms with Gasteiger partial charge >= 0.3 is 5.97 Å². The van der Waals surface area contributed by atoms with Crippen molar-refractivity contribution in [3.05, 3.63) is 59.5 Å². The van der Waals surface area contributed by atoms with Crippen molar-refractivity contribution in [2.75, 3.05) is 0 Å². The van der Waals surface area contributed by atoms with Gasteiger partial charge in [-0.3, -0.25) is 4.79 Å². The molecule has 1 amide bonds. The number of carboxylic acids is 1. The first-order chi connectivity index (χ1) is 9.56. The third-order valence-electron chi connectivity index (χ3n) is 2.83. The quantitative estimate of drug-likeness (QED) is 0.876. The standard InChI is InChI=1S/C15H15NO4/c1-10(7-11-5-3-2-4-6-11)16-14(17)13-8-12(9-20-13)15(18)19/h2-6,8-10H,7H2,1H3,(H,16,17)(H,18,19). The predicted octanol–water partition coefficient (Wildman–Crippen LogP) is 2.34. The fourth-order valence-corrected chi connectivity index (χ4v) is 1.88. The second-order valence-corrected chi connectivity index (χ2v) is 4.57. The van der Waals surface area contributed by atoms with Crippen molar-refractivity contribution in [2.24, 2.45) is 0 Å². The summed E-state index contributed by atoms with van der Waals surface area (Å²) in [5.74, 6) is -1.53. The normalized spacial score (nSPS) is 11.8. The Kier molecular flexibility index (Phi) is 4.20. The zero-order valence-corrected chi connectivity index (χ0v) is 11.0. The summed E-state index contributed by atoms with van der Waals surface area (Å²) in [4.78, 5) is 22.6. The Labute approximate surface area is 116 Å². The van der Waals surface area contributed by atoms with Crippen molar-refractivity contribution in [3.8, 4) is 0 Å². The van der Waals surface area contributed by atoms with Crippen LogP contribution in [0.4, 0.5) is 0 Å². The number of nitrogens with one attached hydrogen (secondary N) is 1. The first kappa shape index (κ1) is 13.9. The molecule has 0 spiro atoms. The number of hydrogen-bond acceptors (Lipinski definition) is 3. The van der Waals surface area contributed by atoms with Crippen molar-refractivity contribution in [3.63, 3.8) is 0 Å². The van der Waals surface area contributed by atoms with Gasteiger partial charge in [0.05, 0.1) is 5.56 Å². The van der Waals surface area contributed by atoms with E-state index < -0.39 is 11.9 Å². The van der Waals surface area contributed by atoms with E-state index in [-0.39, 0.29) is 17.4 Å². The summed E-state index contributed by atoms with van der Waals surface area (Å²) in [6.45, 7) is 1.88. The lowest BCUT2D eigenvalue weighted by Crippen LogP contribution is -2.33. The number of carbonyl (C=O) groups excluding carboxylic acids is 1. The molecular formula is C15H15NO4. The molecule has 1 aromatic carbocycles. The highest BCUT2D eigenvalue weighted by Crippen LogP contribution is 2.09. The zero-order chi connectivity index (χ0) is 14.5. The monoisotopic (exact) mass is 273 g/mol. The average molecular weight is 273 g/mol. The highest BCUT2D eigenvalue weighted by atomic mass is 16.4. The van der Waals surface area contributed by atoms with E-state index in [4.69, 9.17) is 9.52 Å². The number of furan rings is 1. The van der Waals surface area contributed by atoms with Crippen LogP contribution in [0.1, 0.15) is 33.4 Å². The van der Waals surface area contributed by atoms with E-state index in [1.807, 2.05) is 37.3 Å². The van der Waals surface area contributed by atoms with Gasteiger partial charge in [-0.15, -0.1) is 0 Å². The fraction of sp³-hybridized carbons (Fsp3) is 0.200. The van der Waals surface area contributed by atoms with Crippen molar-refractivity contribution in [1.82, 2.24) is 5.32 Å². The van der Waals surface area contributed by atoms with Crippen LogP contribution in [0.25, 0.3) is 0 Å². The molecule has 2 N–H and O–H groups in total. The summed E-state index contributed by atoms with van der Waals surface area (Å²) in [6.07, 6.45) is 1.75. The Morgan fingerprint density at radius 2 is 2.00 bits per heavy atom. The lowest BCUT2D eigenvalue weighted by Gasteiger charge is -2.12. The molecule has 5 heteroatoms. The Morgan fingerprint density at radius 1 is 1.30 bits per heavy atom. The number of carbonyl (C=O) groups is 2. The van der Waals surface area contributed by atoms with E-state index in [0.29, 0.717) is 6.42 Å². The summed E-state index contributed by atoms with van der Waals surface area (Å²) < 4.78 is 4.95. The van der Waals surface area contributed by atoms with E-state index in [1.54, 1.807) is 0 Å². The van der Waals surface area contributed by atoms with Gasteiger partial charge in [-0.25, -0.2) is 4.79 Å². The number of rotatable bonds is 5. The molecule has 0 bridgehead atoms. The first-order valence-electron chi connectivity index (χ1n) is 6.23. The number of benzene rings is 1. The third-order valence-corrected chi connectivity index (χ3v) is 2.83. The maximum absolute atomic E-state index is 11.9. The van der Waals surface area contributed by atoms with Crippen molar-refractivity contribution in [2.45, 2.75) is 19.4 Å². The number of aromatic carboxylic acids is 1. The van der Waals surface area contributed by atoms with Crippen LogP contribution in [0.3, 0.4) is 0 Å². The lowest BCUT2D eigenvalue weighted by atomic mass is 10.1. The summed E-state index contributed by atoms with van der Waals surface area (Å²) >= 11 is 0. The summed E-state index contributed by atoms with van der Waals surface area (Å²) in [6, 6.07) is 10.9. The molecule has 0 aliphatic rings. The molecule has 1 aromatic heterocycles. The maximum atomic E-state index is 11.9. The molecule has 20 heavy (non-hydrogen) atoms. The van der Waals surface area contributed by atoms with Gasteiger partial charge in [0.15, 0.2) is 5.76 Å². The molecule has 1 atom stereocenters. The zero-order valence-electron chi connectivity index (χ0n) is 11.0. The van der Waals surface area contributed by atoms with Gasteiger partial charge in [-0.2, -0.15) is 0 Å². The van der Waals surface area contributed by atoms with Crippen molar-refractivity contribution < 1.29 is 19.1 Å². The van der Waals surface area contributed by atoms with Gasteiger partial charge in [0, 0.05) is 12.1 Å². The fourth-order valence-electron chi connectivity index (χ4n) is 1.88. The molecule has 0 saturated heterocycles. The van der Waals surface area contributed by atoms with Crippen molar-refractivity contribution >= 4 is 11.9 Å². The van der Waals surface area contributed by atoms with Gasteiger partial charge in [0.25, 0.3) is 5.91 Å². The van der Waals surface area contributed by atoms with Crippen LogP contribution in [0.15, 0.2) is 47.1 Å². The van der Waals surface area contributed by atoms with Crippen LogP contribution in [0.5, 0.6) is 0 Å². The smallest absolute Gasteiger partial charge is 0.338 e. The van der Waals surface area contributed by atoms with Crippen LogP contribution in [0, 0.1) is 0 Å². The van der Waals surface area contributed by atoms with Gasteiger partial charge < -0.3 is 14.8 Å². The molecule has 0 fully saturated rings. The summed E-state index contributed by atoms with van der Waals surface area (Å²) in [7, 11) is 0. The minimum Gasteiger partial charge on any atom is -0.478 e. The molecule has 1 unspecified atom stereocenters. The second kappa shape index (κ2) is 6.06. The van der Waals surface area contributed by atoms with E-state index in [9.17, 15) is 9.59 Å². The minimum absolute atomic E-state index is 0.00214. The highest BCUT2D eigenvalue weighted by Gasteiger charge is 2.16. The molecule has 1 heterocycles. The van der Waals surface area contributed by atoms with Gasteiger partial charge in [-0.05, 0) is 18.9 Å². The SMILES string of the molecule is CC(Cc1ccccc1)NC(=O)c1cc(C(=O)O)co1. The Bertz CT molecular complexity index is 603. The topological polar surface area (TPSA) is 79.5 Å². The molecule has 104 valence electrons. The minimum atomic E-state index is -1.12. The number of carboxylic acid groups (broad SMARTS) is 1. The predicted molar refractivity (Wildman–Crippen MR) is 72.7 cm³/mol. The van der Waals surface area contributed by atoms with Gasteiger partial charge in [0.1, 0.15) is 6.26 Å². The van der Waals surface area contributed by atoms with E-state index >= 15 is 0 Å². The second-order valence-electron chi connectivity index (χ2n) is 4.57. The first-order valence-corrected chi connectivity index (χ1v) is 6.23. The third kappa shape index (κ3) is 3.47. The molecular weight excluding hydrogens is 258 g/mol. The lowest BCUT2D eigenvalue weighted by molar-refractivity contribution is 0.0695. The average Bonchev–Trinajstić information content (AvgIpc) is 2.89. The number of amides is 1.